The first-order valence-electron chi connectivity index (χ1n) is 6.34. The third-order valence-corrected chi connectivity index (χ3v) is 3.38. The standard InChI is InChI=1S/C14H21ClN2/c1-10(2)8-17(13-5-6-13)9-11-3-4-12(15)7-14(11)16/h3-4,7,10,13H,5-6,8-9,16H2,1-2H3. The summed E-state index contributed by atoms with van der Waals surface area (Å²) in [6.07, 6.45) is 2.67. The summed E-state index contributed by atoms with van der Waals surface area (Å²) in [6.45, 7) is 6.62. The molecule has 0 heterocycles. The number of rotatable bonds is 5. The Morgan fingerprint density at radius 2 is 2.12 bits per heavy atom. The minimum Gasteiger partial charge on any atom is -0.398 e. The highest BCUT2D eigenvalue weighted by atomic mass is 35.5. The van der Waals surface area contributed by atoms with E-state index in [9.17, 15) is 0 Å². The maximum absolute atomic E-state index is 6.01. The van der Waals surface area contributed by atoms with E-state index < -0.39 is 0 Å². The first-order valence-corrected chi connectivity index (χ1v) is 6.72. The quantitative estimate of drug-likeness (QED) is 0.813. The molecule has 3 heteroatoms. The molecule has 2 N–H and O–H groups in total. The summed E-state index contributed by atoms with van der Waals surface area (Å²) in [4.78, 5) is 2.55. The van der Waals surface area contributed by atoms with Crippen LogP contribution < -0.4 is 5.73 Å². The third-order valence-electron chi connectivity index (χ3n) is 3.14. The SMILES string of the molecule is CC(C)CN(Cc1ccc(Cl)cc1N)C1CC1. The molecule has 1 aromatic carbocycles. The minimum atomic E-state index is 0.698. The van der Waals surface area contributed by atoms with E-state index in [4.69, 9.17) is 17.3 Å². The summed E-state index contributed by atoms with van der Waals surface area (Å²) in [6, 6.07) is 6.59. The van der Waals surface area contributed by atoms with Crippen molar-refractivity contribution in [3.8, 4) is 0 Å². The van der Waals surface area contributed by atoms with Crippen LogP contribution in [-0.4, -0.2) is 17.5 Å². The van der Waals surface area contributed by atoms with Crippen LogP contribution in [0.2, 0.25) is 5.02 Å². The molecule has 17 heavy (non-hydrogen) atoms. The van der Waals surface area contributed by atoms with Crippen LogP contribution in [0.4, 0.5) is 5.69 Å². The van der Waals surface area contributed by atoms with Crippen LogP contribution in [0.25, 0.3) is 0 Å². The van der Waals surface area contributed by atoms with Gasteiger partial charge in [0.2, 0.25) is 0 Å². The summed E-state index contributed by atoms with van der Waals surface area (Å²) in [5, 5.41) is 0.716. The Labute approximate surface area is 109 Å². The van der Waals surface area contributed by atoms with Crippen molar-refractivity contribution in [2.24, 2.45) is 5.92 Å². The smallest absolute Gasteiger partial charge is 0.0426 e. The zero-order valence-corrected chi connectivity index (χ0v) is 11.4. The Morgan fingerprint density at radius 1 is 1.41 bits per heavy atom. The molecule has 1 fully saturated rings. The highest BCUT2D eigenvalue weighted by Gasteiger charge is 2.29. The molecule has 1 aliphatic rings. The lowest BCUT2D eigenvalue weighted by Crippen LogP contribution is -2.29. The average molecular weight is 253 g/mol. The van der Waals surface area contributed by atoms with Crippen molar-refractivity contribution < 1.29 is 0 Å². The highest BCUT2D eigenvalue weighted by molar-refractivity contribution is 6.30. The van der Waals surface area contributed by atoms with Crippen molar-refractivity contribution >= 4 is 17.3 Å². The molecule has 1 saturated carbocycles. The van der Waals surface area contributed by atoms with Gasteiger partial charge < -0.3 is 5.73 Å². The monoisotopic (exact) mass is 252 g/mol. The van der Waals surface area contributed by atoms with Crippen LogP contribution in [0, 0.1) is 5.92 Å². The van der Waals surface area contributed by atoms with Gasteiger partial charge in [0.25, 0.3) is 0 Å². The van der Waals surface area contributed by atoms with Crippen LogP contribution in [0.1, 0.15) is 32.3 Å². The van der Waals surface area contributed by atoms with E-state index in [0.717, 1.165) is 24.8 Å². The summed E-state index contributed by atoms with van der Waals surface area (Å²) >= 11 is 5.92. The number of nitrogens with zero attached hydrogens (tertiary/aromatic N) is 1. The second-order valence-corrected chi connectivity index (χ2v) is 5.83. The normalized spacial score (nSPS) is 15.8. The number of hydrogen-bond donors (Lipinski definition) is 1. The highest BCUT2D eigenvalue weighted by Crippen LogP contribution is 2.30. The number of nitrogen functional groups attached to an aromatic ring is 1. The van der Waals surface area contributed by atoms with E-state index in [0.29, 0.717) is 10.9 Å². The molecule has 2 nitrogen and oxygen atoms in total. The second-order valence-electron chi connectivity index (χ2n) is 5.40. The minimum absolute atomic E-state index is 0.698. The second kappa shape index (κ2) is 5.28. The van der Waals surface area contributed by atoms with Crippen molar-refractivity contribution in [3.63, 3.8) is 0 Å². The Bertz CT molecular complexity index is 386. The first kappa shape index (κ1) is 12.7. The van der Waals surface area contributed by atoms with Gasteiger partial charge in [0.15, 0.2) is 0 Å². The molecular formula is C14H21ClN2. The molecule has 0 amide bonds. The van der Waals surface area contributed by atoms with E-state index in [1.165, 1.54) is 18.4 Å². The summed E-state index contributed by atoms with van der Waals surface area (Å²) in [7, 11) is 0. The molecule has 0 radical (unpaired) electrons. The average Bonchev–Trinajstić information content (AvgIpc) is 3.03. The zero-order valence-electron chi connectivity index (χ0n) is 10.6. The van der Waals surface area contributed by atoms with Gasteiger partial charge in [-0.3, -0.25) is 4.90 Å². The van der Waals surface area contributed by atoms with Gasteiger partial charge in [0.05, 0.1) is 0 Å². The maximum atomic E-state index is 6.01. The molecule has 0 unspecified atom stereocenters. The van der Waals surface area contributed by atoms with Crippen molar-refractivity contribution in [1.29, 1.82) is 0 Å². The van der Waals surface area contributed by atoms with Gasteiger partial charge in [-0.15, -0.1) is 0 Å². The van der Waals surface area contributed by atoms with Crippen molar-refractivity contribution in [2.75, 3.05) is 12.3 Å². The third kappa shape index (κ3) is 3.62. The van der Waals surface area contributed by atoms with Crippen LogP contribution >= 0.6 is 11.6 Å². The van der Waals surface area contributed by atoms with E-state index in [1.54, 1.807) is 0 Å². The predicted molar refractivity (Wildman–Crippen MR) is 74.1 cm³/mol. The van der Waals surface area contributed by atoms with Gasteiger partial charge in [-0.25, -0.2) is 0 Å². The number of halogens is 1. The van der Waals surface area contributed by atoms with Gasteiger partial charge in [-0.05, 0) is 36.5 Å². The Kier molecular flexibility index (Phi) is 3.95. The summed E-state index contributed by atoms with van der Waals surface area (Å²) < 4.78 is 0. The predicted octanol–water partition coefficient (Wildman–Crippen LogP) is 3.54. The van der Waals surface area contributed by atoms with Gasteiger partial charge in [0, 0.05) is 29.8 Å². The van der Waals surface area contributed by atoms with Crippen molar-refractivity contribution in [2.45, 2.75) is 39.3 Å². The Hall–Kier alpha value is -0.730. The molecule has 0 saturated heterocycles. The van der Waals surface area contributed by atoms with Gasteiger partial charge in [0.1, 0.15) is 0 Å². The molecule has 2 rings (SSSR count). The number of benzene rings is 1. The maximum Gasteiger partial charge on any atom is 0.0426 e. The van der Waals surface area contributed by atoms with Crippen LogP contribution in [0.15, 0.2) is 18.2 Å². The van der Waals surface area contributed by atoms with Crippen LogP contribution in [0.3, 0.4) is 0 Å². The molecule has 1 aliphatic carbocycles. The molecule has 0 aromatic heterocycles. The van der Waals surface area contributed by atoms with Crippen molar-refractivity contribution in [3.05, 3.63) is 28.8 Å². The van der Waals surface area contributed by atoms with Gasteiger partial charge in [-0.1, -0.05) is 31.5 Å². The molecule has 1 aromatic rings. The molecule has 0 spiro atoms. The van der Waals surface area contributed by atoms with Gasteiger partial charge >= 0.3 is 0 Å². The molecule has 0 atom stereocenters. The lowest BCUT2D eigenvalue weighted by atomic mass is 10.1. The van der Waals surface area contributed by atoms with E-state index in [2.05, 4.69) is 18.7 Å². The fraction of sp³-hybridized carbons (Fsp3) is 0.571. The first-order chi connectivity index (χ1) is 8.06. The molecule has 94 valence electrons. The van der Waals surface area contributed by atoms with Gasteiger partial charge in [-0.2, -0.15) is 0 Å². The number of nitrogens with two attached hydrogens (primary N) is 1. The Morgan fingerprint density at radius 3 is 2.65 bits per heavy atom. The van der Waals surface area contributed by atoms with E-state index in [1.807, 2.05) is 18.2 Å². The van der Waals surface area contributed by atoms with Crippen LogP contribution in [-0.2, 0) is 6.54 Å². The summed E-state index contributed by atoms with van der Waals surface area (Å²) in [5.41, 5.74) is 8.02. The number of hydrogen-bond acceptors (Lipinski definition) is 2. The lowest BCUT2D eigenvalue weighted by Gasteiger charge is -2.24. The van der Waals surface area contributed by atoms with E-state index >= 15 is 0 Å². The number of anilines is 1. The van der Waals surface area contributed by atoms with E-state index in [-0.39, 0.29) is 0 Å². The largest absolute Gasteiger partial charge is 0.398 e. The molecule has 0 bridgehead atoms. The lowest BCUT2D eigenvalue weighted by molar-refractivity contribution is 0.226. The fourth-order valence-corrected chi connectivity index (χ4v) is 2.36. The molecule has 0 aliphatic heterocycles. The Balaban J connectivity index is 2.06. The zero-order chi connectivity index (χ0) is 12.4. The van der Waals surface area contributed by atoms with Crippen molar-refractivity contribution in [1.82, 2.24) is 4.90 Å². The summed E-state index contributed by atoms with van der Waals surface area (Å²) in [5.74, 6) is 0.698. The van der Waals surface area contributed by atoms with Crippen LogP contribution in [0.5, 0.6) is 0 Å². The fourth-order valence-electron chi connectivity index (χ4n) is 2.18. The molecular weight excluding hydrogens is 232 g/mol. The topological polar surface area (TPSA) is 29.3 Å².